The van der Waals surface area contributed by atoms with Crippen molar-refractivity contribution in [2.45, 2.75) is 46.3 Å². The monoisotopic (exact) mass is 458 g/mol. The van der Waals surface area contributed by atoms with Crippen LogP contribution in [0.3, 0.4) is 0 Å². The summed E-state index contributed by atoms with van der Waals surface area (Å²) in [6, 6.07) is 6.37. The molecule has 3 unspecified atom stereocenters. The number of aliphatic hydroxyl groups excluding tert-OH is 1. The highest BCUT2D eigenvalue weighted by Crippen LogP contribution is 2.47. The van der Waals surface area contributed by atoms with Crippen LogP contribution < -0.4 is 0 Å². The summed E-state index contributed by atoms with van der Waals surface area (Å²) in [5, 5.41) is 10.0. The molecule has 0 spiro atoms. The zero-order valence-electron chi connectivity index (χ0n) is 19.7. The first kappa shape index (κ1) is 24.4. The van der Waals surface area contributed by atoms with Crippen LogP contribution in [0, 0.1) is 11.3 Å². The lowest BCUT2D eigenvalue weighted by atomic mass is 9.82. The van der Waals surface area contributed by atoms with E-state index in [2.05, 4.69) is 0 Å². The lowest BCUT2D eigenvalue weighted by Gasteiger charge is -2.44. The van der Waals surface area contributed by atoms with Crippen LogP contribution in [-0.2, 0) is 23.9 Å². The zero-order valence-corrected chi connectivity index (χ0v) is 19.7. The Hall–Kier alpha value is -3.20. The van der Waals surface area contributed by atoms with Crippen LogP contribution in [-0.4, -0.2) is 71.7 Å². The highest BCUT2D eigenvalue weighted by atomic mass is 16.7. The quantitative estimate of drug-likeness (QED) is 0.393. The Morgan fingerprint density at radius 3 is 2.27 bits per heavy atom. The van der Waals surface area contributed by atoms with Crippen LogP contribution in [0.5, 0.6) is 0 Å². The van der Waals surface area contributed by atoms with Crippen molar-refractivity contribution in [3.8, 4) is 0 Å². The van der Waals surface area contributed by atoms with Gasteiger partial charge in [-0.15, -0.1) is 0 Å². The van der Waals surface area contributed by atoms with Gasteiger partial charge in [0.25, 0.3) is 5.91 Å². The molecule has 1 fully saturated rings. The first-order valence-corrected chi connectivity index (χ1v) is 10.7. The maximum absolute atomic E-state index is 12.9. The second-order valence-electron chi connectivity index (χ2n) is 9.58. The molecule has 1 saturated heterocycles. The molecule has 2 aliphatic heterocycles. The van der Waals surface area contributed by atoms with Crippen molar-refractivity contribution in [3.05, 3.63) is 41.1 Å². The number of fused-ring (bicyclic) bond motifs is 1. The van der Waals surface area contributed by atoms with Gasteiger partial charge in [-0.2, -0.15) is 0 Å². The van der Waals surface area contributed by atoms with Crippen LogP contribution in [0.4, 0.5) is 0 Å². The highest BCUT2D eigenvalue weighted by Gasteiger charge is 2.57. The molecule has 0 bridgehead atoms. The van der Waals surface area contributed by atoms with Gasteiger partial charge in [0.05, 0.1) is 23.5 Å². The molecule has 1 aromatic carbocycles. The number of aliphatic hydroxyl groups is 1. The number of nitrogens with zero attached hydrogens (tertiary/aromatic N) is 2. The largest absolute Gasteiger partial charge is 0.427 e. The van der Waals surface area contributed by atoms with Crippen molar-refractivity contribution >= 4 is 29.3 Å². The number of rotatable bonds is 6. The first-order chi connectivity index (χ1) is 15.3. The summed E-state index contributed by atoms with van der Waals surface area (Å²) < 4.78 is 10.2. The zero-order chi connectivity index (χ0) is 24.7. The molecular weight excluding hydrogens is 428 g/mol. The van der Waals surface area contributed by atoms with E-state index in [4.69, 9.17) is 9.47 Å². The molecule has 1 N–H and O–H groups in total. The molecule has 0 aromatic heterocycles. The fraction of sp³-hybridized carbons (Fsp3) is 0.500. The average molecular weight is 459 g/mol. The molecule has 0 aliphatic carbocycles. The number of ether oxygens (including phenoxy) is 2. The molecule has 33 heavy (non-hydrogen) atoms. The fourth-order valence-electron chi connectivity index (χ4n) is 4.01. The van der Waals surface area contributed by atoms with Crippen LogP contribution in [0.2, 0.25) is 0 Å². The van der Waals surface area contributed by atoms with Gasteiger partial charge in [0.2, 0.25) is 12.7 Å². The molecule has 2 aliphatic rings. The summed E-state index contributed by atoms with van der Waals surface area (Å²) in [5.41, 5.74) is 1.05. The van der Waals surface area contributed by atoms with Crippen LogP contribution >= 0.6 is 0 Å². The van der Waals surface area contributed by atoms with Crippen molar-refractivity contribution in [3.63, 3.8) is 0 Å². The lowest BCUT2D eigenvalue weighted by Crippen LogP contribution is -2.61. The Bertz CT molecular complexity index is 1000. The normalized spacial score (nSPS) is 20.7. The van der Waals surface area contributed by atoms with Gasteiger partial charge in [0, 0.05) is 19.7 Å². The van der Waals surface area contributed by atoms with Gasteiger partial charge in [-0.3, -0.25) is 14.4 Å². The van der Waals surface area contributed by atoms with Crippen LogP contribution in [0.1, 0.15) is 50.0 Å². The second-order valence-corrected chi connectivity index (χ2v) is 9.58. The maximum Gasteiger partial charge on any atom is 0.358 e. The van der Waals surface area contributed by atoms with E-state index in [0.717, 1.165) is 0 Å². The smallest absolute Gasteiger partial charge is 0.358 e. The maximum atomic E-state index is 12.9. The van der Waals surface area contributed by atoms with Crippen LogP contribution in [0.15, 0.2) is 30.0 Å². The van der Waals surface area contributed by atoms with Crippen molar-refractivity contribution in [2.24, 2.45) is 11.3 Å². The third kappa shape index (κ3) is 4.64. The summed E-state index contributed by atoms with van der Waals surface area (Å²) in [6.07, 6.45) is -0.503. The molecule has 1 aromatic rings. The third-order valence-electron chi connectivity index (χ3n) is 5.80. The molecule has 9 nitrogen and oxygen atoms in total. The summed E-state index contributed by atoms with van der Waals surface area (Å²) in [6.45, 7) is 6.01. The van der Waals surface area contributed by atoms with Gasteiger partial charge < -0.3 is 24.4 Å². The van der Waals surface area contributed by atoms with Gasteiger partial charge in [-0.1, -0.05) is 12.1 Å². The SMILES string of the molecule is CC(O)C1C(=O)N2C(C(=O)OCOC(=O)C(C)(C)C)=C(c3ccc(C(=O)N(C)C)cc3)CC12. The van der Waals surface area contributed by atoms with Crippen molar-refractivity contribution < 1.29 is 33.8 Å². The predicted octanol–water partition coefficient (Wildman–Crippen LogP) is 1.80. The van der Waals surface area contributed by atoms with Gasteiger partial charge in [0.15, 0.2) is 0 Å². The van der Waals surface area contributed by atoms with E-state index in [1.165, 1.54) is 9.80 Å². The lowest BCUT2D eigenvalue weighted by molar-refractivity contribution is -0.175. The number of hydrogen-bond acceptors (Lipinski definition) is 7. The number of benzene rings is 1. The molecular formula is C24H30N2O7. The number of carbonyl (C=O) groups is 4. The van der Waals surface area contributed by atoms with Crippen molar-refractivity contribution in [1.29, 1.82) is 0 Å². The number of amides is 2. The van der Waals surface area contributed by atoms with E-state index in [1.54, 1.807) is 66.1 Å². The minimum absolute atomic E-state index is 0.0698. The third-order valence-corrected chi connectivity index (χ3v) is 5.80. The minimum atomic E-state index is -0.858. The standard InChI is InChI=1S/C24H30N2O7/c1-13(27)18-17-11-16(14-7-9-15(10-8-14)20(28)25(5)6)19(26(17)21(18)29)22(30)32-12-33-23(31)24(2,3)4/h7-10,13,17-18,27H,11-12H2,1-6H3. The number of β-lactam (4-membered cyclic amide) rings is 1. The first-order valence-electron chi connectivity index (χ1n) is 10.7. The van der Waals surface area contributed by atoms with Crippen LogP contribution in [0.25, 0.3) is 5.57 Å². The fourth-order valence-corrected chi connectivity index (χ4v) is 4.01. The second kappa shape index (κ2) is 8.97. The number of hydrogen-bond donors (Lipinski definition) is 1. The summed E-state index contributed by atoms with van der Waals surface area (Å²) in [4.78, 5) is 52.6. The van der Waals surface area contributed by atoms with E-state index >= 15 is 0 Å². The number of carbonyl (C=O) groups excluding carboxylic acids is 4. The molecule has 3 rings (SSSR count). The van der Waals surface area contributed by atoms with E-state index in [1.807, 2.05) is 0 Å². The Labute approximate surface area is 192 Å². The predicted molar refractivity (Wildman–Crippen MR) is 118 cm³/mol. The van der Waals surface area contributed by atoms with Gasteiger partial charge >= 0.3 is 11.9 Å². The van der Waals surface area contributed by atoms with Crippen molar-refractivity contribution in [2.75, 3.05) is 20.9 Å². The summed E-state index contributed by atoms with van der Waals surface area (Å²) in [7, 11) is 3.31. The van der Waals surface area contributed by atoms with E-state index in [-0.39, 0.29) is 23.6 Å². The molecule has 178 valence electrons. The minimum Gasteiger partial charge on any atom is -0.427 e. The molecule has 3 atom stereocenters. The van der Waals surface area contributed by atoms with Gasteiger partial charge in [0.1, 0.15) is 5.70 Å². The van der Waals surface area contributed by atoms with E-state index < -0.39 is 36.2 Å². The Morgan fingerprint density at radius 2 is 1.76 bits per heavy atom. The molecule has 0 saturated carbocycles. The Kier molecular flexibility index (Phi) is 6.65. The van der Waals surface area contributed by atoms with Gasteiger partial charge in [-0.25, -0.2) is 4.79 Å². The Balaban J connectivity index is 1.87. The molecule has 2 amide bonds. The molecule has 2 heterocycles. The highest BCUT2D eigenvalue weighted by molar-refractivity contribution is 6.07. The topological polar surface area (TPSA) is 113 Å². The summed E-state index contributed by atoms with van der Waals surface area (Å²) in [5.74, 6) is -2.44. The number of esters is 2. The Morgan fingerprint density at radius 1 is 1.15 bits per heavy atom. The van der Waals surface area contributed by atoms with Crippen molar-refractivity contribution in [1.82, 2.24) is 9.80 Å². The molecule has 9 heteroatoms. The van der Waals surface area contributed by atoms with E-state index in [9.17, 15) is 24.3 Å². The van der Waals surface area contributed by atoms with Gasteiger partial charge in [-0.05, 0) is 57.4 Å². The molecule has 0 radical (unpaired) electrons. The average Bonchev–Trinajstić information content (AvgIpc) is 3.07. The summed E-state index contributed by atoms with van der Waals surface area (Å²) >= 11 is 0. The van der Waals surface area contributed by atoms with E-state index in [0.29, 0.717) is 23.1 Å².